The van der Waals surface area contributed by atoms with E-state index in [1.54, 1.807) is 27.7 Å². The molecule has 18 heavy (non-hydrogen) atoms. The van der Waals surface area contributed by atoms with Crippen LogP contribution in [0.2, 0.25) is 0 Å². The minimum absolute atomic E-state index is 0.128. The van der Waals surface area contributed by atoms with Gasteiger partial charge in [0.15, 0.2) is 0 Å². The Bertz CT molecular complexity index is 428. The Hall–Kier alpha value is -1.98. The third kappa shape index (κ3) is 2.82. The van der Waals surface area contributed by atoms with Gasteiger partial charge in [-0.3, -0.25) is 0 Å². The number of rotatable bonds is 4. The predicted molar refractivity (Wildman–Crippen MR) is 63.4 cm³/mol. The van der Waals surface area contributed by atoms with E-state index in [0.717, 1.165) is 0 Å². The van der Waals surface area contributed by atoms with E-state index >= 15 is 0 Å². The predicted octanol–water partition coefficient (Wildman–Crippen LogP) is 1.45. The molecule has 0 amide bonds. The fourth-order valence-corrected chi connectivity index (χ4v) is 1.52. The van der Waals surface area contributed by atoms with E-state index in [4.69, 9.17) is 9.47 Å². The maximum absolute atomic E-state index is 11.8. The Balaban J connectivity index is 3.33. The van der Waals surface area contributed by atoms with E-state index in [9.17, 15) is 9.59 Å². The fourth-order valence-electron chi connectivity index (χ4n) is 1.52. The molecule has 1 rings (SSSR count). The summed E-state index contributed by atoms with van der Waals surface area (Å²) in [4.78, 5) is 23.7. The Morgan fingerprint density at radius 1 is 0.889 bits per heavy atom. The van der Waals surface area contributed by atoms with Crippen LogP contribution < -0.4 is 0 Å². The van der Waals surface area contributed by atoms with Gasteiger partial charge in [0.05, 0.1) is 35.7 Å². The van der Waals surface area contributed by atoms with E-state index < -0.39 is 11.9 Å². The van der Waals surface area contributed by atoms with Crippen LogP contribution in [0, 0.1) is 13.8 Å². The van der Waals surface area contributed by atoms with Crippen LogP contribution in [0.15, 0.2) is 0 Å². The first kappa shape index (κ1) is 14.1. The normalized spacial score (nSPS) is 10.0. The highest BCUT2D eigenvalue weighted by atomic mass is 16.5. The van der Waals surface area contributed by atoms with Crippen LogP contribution in [-0.4, -0.2) is 35.3 Å². The summed E-state index contributed by atoms with van der Waals surface area (Å²) in [5, 5.41) is 7.65. The Kier molecular flexibility index (Phi) is 4.76. The first-order chi connectivity index (χ1) is 8.52. The van der Waals surface area contributed by atoms with Crippen molar-refractivity contribution in [2.24, 2.45) is 0 Å². The summed E-state index contributed by atoms with van der Waals surface area (Å²) in [6, 6.07) is 0. The molecule has 1 aromatic heterocycles. The Labute approximate surface area is 105 Å². The summed E-state index contributed by atoms with van der Waals surface area (Å²) in [5.74, 6) is -1.17. The molecule has 0 radical (unpaired) electrons. The number of aromatic nitrogens is 2. The molecule has 0 N–H and O–H groups in total. The lowest BCUT2D eigenvalue weighted by Gasteiger charge is -2.11. The lowest BCUT2D eigenvalue weighted by atomic mass is 10.1. The van der Waals surface area contributed by atoms with Crippen LogP contribution in [0.3, 0.4) is 0 Å². The van der Waals surface area contributed by atoms with Gasteiger partial charge in [0.2, 0.25) is 0 Å². The van der Waals surface area contributed by atoms with Crippen LogP contribution in [-0.2, 0) is 9.47 Å². The molecule has 0 aromatic carbocycles. The topological polar surface area (TPSA) is 78.4 Å². The minimum Gasteiger partial charge on any atom is -0.462 e. The molecule has 0 unspecified atom stereocenters. The molecule has 0 fully saturated rings. The lowest BCUT2D eigenvalue weighted by Crippen LogP contribution is -2.19. The quantitative estimate of drug-likeness (QED) is 0.754. The van der Waals surface area contributed by atoms with Crippen LogP contribution in [0.25, 0.3) is 0 Å². The van der Waals surface area contributed by atoms with Gasteiger partial charge in [-0.2, -0.15) is 10.2 Å². The van der Waals surface area contributed by atoms with Crippen molar-refractivity contribution in [2.45, 2.75) is 27.7 Å². The van der Waals surface area contributed by atoms with Crippen molar-refractivity contribution in [1.29, 1.82) is 0 Å². The van der Waals surface area contributed by atoms with Crippen LogP contribution in [0.1, 0.15) is 46.0 Å². The molecule has 1 heterocycles. The van der Waals surface area contributed by atoms with E-state index in [0.29, 0.717) is 11.4 Å². The van der Waals surface area contributed by atoms with Gasteiger partial charge in [-0.15, -0.1) is 0 Å². The second-order valence-electron chi connectivity index (χ2n) is 3.56. The monoisotopic (exact) mass is 252 g/mol. The van der Waals surface area contributed by atoms with Gasteiger partial charge in [0.25, 0.3) is 0 Å². The first-order valence-corrected chi connectivity index (χ1v) is 5.71. The molecule has 98 valence electrons. The average Bonchev–Trinajstić information content (AvgIpc) is 2.32. The summed E-state index contributed by atoms with van der Waals surface area (Å²) in [6.07, 6.45) is 0. The van der Waals surface area contributed by atoms with Crippen LogP contribution >= 0.6 is 0 Å². The molecule has 0 saturated heterocycles. The van der Waals surface area contributed by atoms with E-state index in [1.165, 1.54) is 0 Å². The molecular weight excluding hydrogens is 236 g/mol. The molecule has 0 atom stereocenters. The van der Waals surface area contributed by atoms with Gasteiger partial charge in [0, 0.05) is 0 Å². The summed E-state index contributed by atoms with van der Waals surface area (Å²) in [7, 11) is 0. The third-order valence-corrected chi connectivity index (χ3v) is 2.28. The molecule has 0 aliphatic rings. The number of carbonyl (C=O) groups is 2. The van der Waals surface area contributed by atoms with E-state index in [-0.39, 0.29) is 24.3 Å². The van der Waals surface area contributed by atoms with Crippen molar-refractivity contribution in [3.8, 4) is 0 Å². The molecule has 6 heteroatoms. The molecule has 0 aliphatic carbocycles. The Morgan fingerprint density at radius 2 is 1.22 bits per heavy atom. The van der Waals surface area contributed by atoms with Crippen molar-refractivity contribution in [3.63, 3.8) is 0 Å². The first-order valence-electron chi connectivity index (χ1n) is 5.71. The molecule has 0 aliphatic heterocycles. The second-order valence-corrected chi connectivity index (χ2v) is 3.56. The molecule has 6 nitrogen and oxygen atoms in total. The van der Waals surface area contributed by atoms with Gasteiger partial charge >= 0.3 is 11.9 Å². The Morgan fingerprint density at radius 3 is 1.50 bits per heavy atom. The summed E-state index contributed by atoms with van der Waals surface area (Å²) >= 11 is 0. The highest BCUT2D eigenvalue weighted by molar-refractivity contribution is 6.04. The molecule has 0 saturated carbocycles. The smallest absolute Gasteiger partial charge is 0.341 e. The largest absolute Gasteiger partial charge is 0.462 e. The maximum atomic E-state index is 11.8. The molecule has 0 spiro atoms. The number of hydrogen-bond donors (Lipinski definition) is 0. The zero-order valence-corrected chi connectivity index (χ0v) is 10.9. The lowest BCUT2D eigenvalue weighted by molar-refractivity contribution is 0.0475. The van der Waals surface area contributed by atoms with Crippen LogP contribution in [0.4, 0.5) is 0 Å². The average molecular weight is 252 g/mol. The third-order valence-electron chi connectivity index (χ3n) is 2.28. The van der Waals surface area contributed by atoms with Gasteiger partial charge in [0.1, 0.15) is 0 Å². The summed E-state index contributed by atoms with van der Waals surface area (Å²) in [5.41, 5.74) is 0.954. The molecular formula is C12H16N2O4. The van der Waals surface area contributed by atoms with Gasteiger partial charge in [-0.05, 0) is 27.7 Å². The van der Waals surface area contributed by atoms with Gasteiger partial charge in [-0.25, -0.2) is 9.59 Å². The highest BCUT2D eigenvalue weighted by Gasteiger charge is 2.25. The number of aryl methyl sites for hydroxylation is 2. The SMILES string of the molecule is CCOC(=O)c1c(C)nnc(C)c1C(=O)OCC. The number of ether oxygens (including phenoxy) is 2. The van der Waals surface area contributed by atoms with Gasteiger partial charge in [-0.1, -0.05) is 0 Å². The van der Waals surface area contributed by atoms with Crippen molar-refractivity contribution >= 4 is 11.9 Å². The number of hydrogen-bond acceptors (Lipinski definition) is 6. The number of esters is 2. The summed E-state index contributed by atoms with van der Waals surface area (Å²) < 4.78 is 9.84. The maximum Gasteiger partial charge on any atom is 0.341 e. The van der Waals surface area contributed by atoms with Crippen molar-refractivity contribution in [2.75, 3.05) is 13.2 Å². The van der Waals surface area contributed by atoms with Gasteiger partial charge < -0.3 is 9.47 Å². The van der Waals surface area contributed by atoms with E-state index in [1.807, 2.05) is 0 Å². The summed E-state index contributed by atoms with van der Waals surface area (Å²) in [6.45, 7) is 7.03. The number of carbonyl (C=O) groups excluding carboxylic acids is 2. The standard InChI is InChI=1S/C12H16N2O4/c1-5-17-11(15)9-7(3)13-14-8(4)10(9)12(16)18-6-2/h5-6H2,1-4H3. The zero-order valence-electron chi connectivity index (χ0n) is 10.9. The fraction of sp³-hybridized carbons (Fsp3) is 0.500. The van der Waals surface area contributed by atoms with Crippen molar-refractivity contribution < 1.29 is 19.1 Å². The molecule has 0 bridgehead atoms. The van der Waals surface area contributed by atoms with Crippen molar-refractivity contribution in [1.82, 2.24) is 10.2 Å². The highest BCUT2D eigenvalue weighted by Crippen LogP contribution is 2.17. The van der Waals surface area contributed by atoms with Crippen LogP contribution in [0.5, 0.6) is 0 Å². The zero-order chi connectivity index (χ0) is 13.7. The second kappa shape index (κ2) is 6.09. The number of nitrogens with zero attached hydrogens (tertiary/aromatic N) is 2. The minimum atomic E-state index is -0.587. The van der Waals surface area contributed by atoms with E-state index in [2.05, 4.69) is 10.2 Å². The molecule has 1 aromatic rings. The van der Waals surface area contributed by atoms with Crippen molar-refractivity contribution in [3.05, 3.63) is 22.5 Å².